The van der Waals surface area contributed by atoms with Crippen LogP contribution in [0, 0.1) is 11.3 Å². The summed E-state index contributed by atoms with van der Waals surface area (Å²) >= 11 is 2.01. The summed E-state index contributed by atoms with van der Waals surface area (Å²) in [7, 11) is 1.77. The van der Waals surface area contributed by atoms with Crippen LogP contribution in [0.4, 0.5) is 0 Å². The van der Waals surface area contributed by atoms with E-state index in [0.717, 1.165) is 18.3 Å². The van der Waals surface area contributed by atoms with E-state index in [1.165, 1.54) is 25.7 Å². The van der Waals surface area contributed by atoms with Crippen molar-refractivity contribution in [2.24, 2.45) is 17.1 Å². The quantitative estimate of drug-likeness (QED) is 0.743. The minimum absolute atomic E-state index is 0.390. The first-order valence-corrected chi connectivity index (χ1v) is 7.92. The van der Waals surface area contributed by atoms with E-state index >= 15 is 0 Å². The molecule has 1 rings (SSSR count). The lowest BCUT2D eigenvalue weighted by atomic mass is 9.69. The lowest BCUT2D eigenvalue weighted by Gasteiger charge is -2.41. The Kier molecular flexibility index (Phi) is 6.32. The number of methoxy groups -OCH3 is 1. The molecule has 0 saturated heterocycles. The van der Waals surface area contributed by atoms with Crippen LogP contribution in [-0.4, -0.2) is 30.8 Å². The Morgan fingerprint density at radius 2 is 2.06 bits per heavy atom. The van der Waals surface area contributed by atoms with Crippen LogP contribution in [0.3, 0.4) is 0 Å². The Morgan fingerprint density at radius 3 is 2.65 bits per heavy atom. The molecular formula is C14H29NOS. The second-order valence-corrected chi connectivity index (χ2v) is 7.27. The third-order valence-electron chi connectivity index (χ3n) is 4.48. The van der Waals surface area contributed by atoms with Crippen LogP contribution in [0.2, 0.25) is 0 Å². The van der Waals surface area contributed by atoms with Gasteiger partial charge in [0, 0.05) is 24.2 Å². The summed E-state index contributed by atoms with van der Waals surface area (Å²) in [6, 6.07) is 0.390. The van der Waals surface area contributed by atoms with Gasteiger partial charge in [-0.2, -0.15) is 11.8 Å². The van der Waals surface area contributed by atoms with Gasteiger partial charge in [0.1, 0.15) is 0 Å². The number of rotatable bonds is 6. The van der Waals surface area contributed by atoms with Crippen molar-refractivity contribution in [2.45, 2.75) is 57.7 Å². The summed E-state index contributed by atoms with van der Waals surface area (Å²) in [6.45, 7) is 7.97. The summed E-state index contributed by atoms with van der Waals surface area (Å²) in [5, 5.41) is 0.634. The summed E-state index contributed by atoms with van der Waals surface area (Å²) in [5.41, 5.74) is 6.72. The Labute approximate surface area is 111 Å². The third kappa shape index (κ3) is 4.46. The Morgan fingerprint density at radius 1 is 1.35 bits per heavy atom. The van der Waals surface area contributed by atoms with Crippen molar-refractivity contribution < 1.29 is 4.74 Å². The molecule has 0 aromatic heterocycles. The SMILES string of the molecule is CCC(C)(C)C1CCC(N)C(SCCOC)C1. The number of nitrogens with two attached hydrogens (primary N) is 1. The molecule has 0 heterocycles. The molecule has 1 aliphatic rings. The van der Waals surface area contributed by atoms with Gasteiger partial charge in [0.2, 0.25) is 0 Å². The van der Waals surface area contributed by atoms with E-state index in [4.69, 9.17) is 10.5 Å². The van der Waals surface area contributed by atoms with E-state index in [0.29, 0.717) is 16.7 Å². The summed E-state index contributed by atoms with van der Waals surface area (Å²) in [6.07, 6.45) is 5.06. The van der Waals surface area contributed by atoms with E-state index in [9.17, 15) is 0 Å². The molecule has 3 unspecified atom stereocenters. The van der Waals surface area contributed by atoms with Crippen molar-refractivity contribution >= 4 is 11.8 Å². The van der Waals surface area contributed by atoms with Crippen molar-refractivity contribution in [2.75, 3.05) is 19.5 Å². The zero-order chi connectivity index (χ0) is 12.9. The second kappa shape index (κ2) is 7.01. The summed E-state index contributed by atoms with van der Waals surface area (Å²) in [4.78, 5) is 0. The maximum Gasteiger partial charge on any atom is 0.0553 e. The average Bonchev–Trinajstić information content (AvgIpc) is 2.31. The van der Waals surface area contributed by atoms with Crippen LogP contribution in [0.5, 0.6) is 0 Å². The standard InChI is InChI=1S/C14H29NOS/c1-5-14(2,3)11-6-7-12(15)13(10-11)17-9-8-16-4/h11-13H,5-10,15H2,1-4H3. The van der Waals surface area contributed by atoms with Crippen LogP contribution in [-0.2, 0) is 4.74 Å². The Balaban J connectivity index is 2.47. The highest BCUT2D eigenvalue weighted by atomic mass is 32.2. The highest BCUT2D eigenvalue weighted by molar-refractivity contribution is 7.99. The Hall–Kier alpha value is 0.270. The van der Waals surface area contributed by atoms with Crippen LogP contribution >= 0.6 is 11.8 Å². The van der Waals surface area contributed by atoms with E-state index in [1.54, 1.807) is 7.11 Å². The van der Waals surface area contributed by atoms with Crippen LogP contribution in [0.1, 0.15) is 46.5 Å². The van der Waals surface area contributed by atoms with Gasteiger partial charge in [0.15, 0.2) is 0 Å². The lowest BCUT2D eigenvalue weighted by Crippen LogP contribution is -2.42. The maximum atomic E-state index is 6.25. The van der Waals surface area contributed by atoms with Gasteiger partial charge in [-0.1, -0.05) is 27.2 Å². The van der Waals surface area contributed by atoms with Gasteiger partial charge in [-0.05, 0) is 30.6 Å². The van der Waals surface area contributed by atoms with Crippen LogP contribution in [0.25, 0.3) is 0 Å². The summed E-state index contributed by atoms with van der Waals surface area (Å²) in [5.74, 6) is 1.92. The predicted molar refractivity (Wildman–Crippen MR) is 77.5 cm³/mol. The van der Waals surface area contributed by atoms with Crippen molar-refractivity contribution in [1.82, 2.24) is 0 Å². The zero-order valence-corrected chi connectivity index (χ0v) is 12.7. The van der Waals surface area contributed by atoms with Crippen molar-refractivity contribution in [3.05, 3.63) is 0 Å². The lowest BCUT2D eigenvalue weighted by molar-refractivity contribution is 0.148. The molecule has 0 amide bonds. The molecule has 3 atom stereocenters. The highest BCUT2D eigenvalue weighted by Crippen LogP contribution is 2.42. The first kappa shape index (κ1) is 15.3. The molecule has 0 aromatic rings. The van der Waals surface area contributed by atoms with Crippen molar-refractivity contribution in [3.63, 3.8) is 0 Å². The predicted octanol–water partition coefficient (Wildman–Crippen LogP) is 3.30. The van der Waals surface area contributed by atoms with Gasteiger partial charge >= 0.3 is 0 Å². The van der Waals surface area contributed by atoms with Crippen molar-refractivity contribution in [1.29, 1.82) is 0 Å². The molecule has 3 heteroatoms. The minimum atomic E-state index is 0.390. The molecule has 0 radical (unpaired) electrons. The van der Waals surface area contributed by atoms with Gasteiger partial charge in [-0.25, -0.2) is 0 Å². The minimum Gasteiger partial charge on any atom is -0.384 e. The number of ether oxygens (including phenoxy) is 1. The van der Waals surface area contributed by atoms with Gasteiger partial charge in [-0.3, -0.25) is 0 Å². The molecule has 0 bridgehead atoms. The van der Waals surface area contributed by atoms with Gasteiger partial charge in [-0.15, -0.1) is 0 Å². The number of hydrogen-bond donors (Lipinski definition) is 1. The van der Waals surface area contributed by atoms with E-state index in [2.05, 4.69) is 20.8 Å². The largest absolute Gasteiger partial charge is 0.384 e. The molecule has 0 aromatic carbocycles. The molecule has 1 saturated carbocycles. The van der Waals surface area contributed by atoms with E-state index < -0.39 is 0 Å². The first-order valence-electron chi connectivity index (χ1n) is 6.87. The second-order valence-electron chi connectivity index (χ2n) is 5.92. The topological polar surface area (TPSA) is 35.2 Å². The molecule has 17 heavy (non-hydrogen) atoms. The zero-order valence-electron chi connectivity index (χ0n) is 11.9. The highest BCUT2D eigenvalue weighted by Gasteiger charge is 2.35. The van der Waals surface area contributed by atoms with E-state index in [-0.39, 0.29) is 0 Å². The molecule has 2 nitrogen and oxygen atoms in total. The number of hydrogen-bond acceptors (Lipinski definition) is 3. The molecule has 102 valence electrons. The monoisotopic (exact) mass is 259 g/mol. The smallest absolute Gasteiger partial charge is 0.0553 e. The van der Waals surface area contributed by atoms with E-state index in [1.807, 2.05) is 11.8 Å². The van der Waals surface area contributed by atoms with Crippen LogP contribution < -0.4 is 5.73 Å². The number of thioether (sulfide) groups is 1. The summed E-state index contributed by atoms with van der Waals surface area (Å²) < 4.78 is 5.12. The molecule has 0 aliphatic heterocycles. The van der Waals surface area contributed by atoms with Crippen LogP contribution in [0.15, 0.2) is 0 Å². The molecule has 0 spiro atoms. The molecule has 2 N–H and O–H groups in total. The maximum absolute atomic E-state index is 6.25. The third-order valence-corrected chi connectivity index (χ3v) is 5.85. The Bertz CT molecular complexity index is 220. The molecule has 1 fully saturated rings. The van der Waals surface area contributed by atoms with Crippen molar-refractivity contribution in [3.8, 4) is 0 Å². The van der Waals surface area contributed by atoms with Gasteiger partial charge < -0.3 is 10.5 Å². The fourth-order valence-corrected chi connectivity index (χ4v) is 3.94. The fraction of sp³-hybridized carbons (Fsp3) is 1.00. The molecule has 1 aliphatic carbocycles. The first-order chi connectivity index (χ1) is 8.01. The van der Waals surface area contributed by atoms with Gasteiger partial charge in [0.05, 0.1) is 6.61 Å². The molecular weight excluding hydrogens is 230 g/mol. The normalized spacial score (nSPS) is 30.5. The average molecular weight is 259 g/mol. The fourth-order valence-electron chi connectivity index (χ4n) is 2.63. The van der Waals surface area contributed by atoms with Gasteiger partial charge in [0.25, 0.3) is 0 Å².